The summed E-state index contributed by atoms with van der Waals surface area (Å²) >= 11 is 0. The van der Waals surface area contributed by atoms with Crippen LogP contribution in [0.25, 0.3) is 0 Å². The van der Waals surface area contributed by atoms with E-state index >= 15 is 0 Å². The Kier molecular flexibility index (Phi) is 5.37. The standard InChI is InChI=1S/C18H22N2O3S.ClH/c1-12-6-4-5-7-17(12)24(21,22)20-15-11-18(2,3)23-16-9-8-13(19)10-14(15)16;/h4-10,15,20H,11,19H2,1-3H3;1H. The third-order valence-electron chi connectivity index (χ3n) is 4.17. The fourth-order valence-corrected chi connectivity index (χ4v) is 4.55. The number of hydrogen-bond donors (Lipinski definition) is 2. The van der Waals surface area contributed by atoms with Crippen LogP contribution in [0.2, 0.25) is 0 Å². The van der Waals surface area contributed by atoms with Crippen molar-refractivity contribution in [3.63, 3.8) is 0 Å². The summed E-state index contributed by atoms with van der Waals surface area (Å²) in [6, 6.07) is 11.9. The van der Waals surface area contributed by atoms with Crippen molar-refractivity contribution in [2.24, 2.45) is 0 Å². The molecular formula is C18H23ClN2O3S. The lowest BCUT2D eigenvalue weighted by Gasteiger charge is -2.38. The largest absolute Gasteiger partial charge is 0.487 e. The quantitative estimate of drug-likeness (QED) is 0.795. The summed E-state index contributed by atoms with van der Waals surface area (Å²) in [4.78, 5) is 0.291. The van der Waals surface area contributed by atoms with Crippen molar-refractivity contribution in [1.29, 1.82) is 0 Å². The molecule has 2 aromatic carbocycles. The normalized spacial score (nSPS) is 18.6. The number of sulfonamides is 1. The summed E-state index contributed by atoms with van der Waals surface area (Å²) in [5.41, 5.74) is 7.47. The zero-order valence-corrected chi connectivity index (χ0v) is 16.1. The van der Waals surface area contributed by atoms with Gasteiger partial charge in [-0.05, 0) is 50.6 Å². The first-order valence-corrected chi connectivity index (χ1v) is 9.33. The van der Waals surface area contributed by atoms with E-state index in [1.807, 2.05) is 19.9 Å². The molecule has 0 radical (unpaired) electrons. The van der Waals surface area contributed by atoms with Gasteiger partial charge in [0.15, 0.2) is 0 Å². The fraction of sp³-hybridized carbons (Fsp3) is 0.333. The van der Waals surface area contributed by atoms with Gasteiger partial charge < -0.3 is 10.5 Å². The monoisotopic (exact) mass is 382 g/mol. The number of hydrogen-bond acceptors (Lipinski definition) is 4. The summed E-state index contributed by atoms with van der Waals surface area (Å²) in [5, 5.41) is 0. The highest BCUT2D eigenvalue weighted by Crippen LogP contribution is 2.41. The molecule has 1 aliphatic rings. The van der Waals surface area contributed by atoms with Gasteiger partial charge in [-0.1, -0.05) is 18.2 Å². The number of nitrogens with two attached hydrogens (primary N) is 1. The van der Waals surface area contributed by atoms with Crippen LogP contribution < -0.4 is 15.2 Å². The van der Waals surface area contributed by atoms with Crippen LogP contribution in [-0.2, 0) is 10.0 Å². The first-order chi connectivity index (χ1) is 11.2. The Bertz CT molecular complexity index is 882. The van der Waals surface area contributed by atoms with E-state index in [-0.39, 0.29) is 12.4 Å². The first kappa shape index (κ1) is 19.6. The number of halogens is 1. The number of rotatable bonds is 3. The minimum absolute atomic E-state index is 0. The molecule has 25 heavy (non-hydrogen) atoms. The number of fused-ring (bicyclic) bond motifs is 1. The van der Waals surface area contributed by atoms with E-state index in [2.05, 4.69) is 4.72 Å². The molecule has 0 spiro atoms. The van der Waals surface area contributed by atoms with Crippen molar-refractivity contribution in [3.8, 4) is 5.75 Å². The molecule has 1 aliphatic heterocycles. The van der Waals surface area contributed by atoms with Crippen molar-refractivity contribution in [1.82, 2.24) is 4.72 Å². The zero-order chi connectivity index (χ0) is 17.5. The van der Waals surface area contributed by atoms with Crippen molar-refractivity contribution in [3.05, 3.63) is 53.6 Å². The first-order valence-electron chi connectivity index (χ1n) is 7.84. The molecule has 136 valence electrons. The van der Waals surface area contributed by atoms with Crippen molar-refractivity contribution < 1.29 is 13.2 Å². The highest BCUT2D eigenvalue weighted by molar-refractivity contribution is 7.89. The Hall–Kier alpha value is -1.76. The van der Waals surface area contributed by atoms with Crippen molar-refractivity contribution in [2.75, 3.05) is 5.73 Å². The highest BCUT2D eigenvalue weighted by Gasteiger charge is 2.36. The SMILES string of the molecule is Cc1ccccc1S(=O)(=O)NC1CC(C)(C)Oc2ccc(N)cc21.Cl. The Morgan fingerprint density at radius 3 is 2.56 bits per heavy atom. The Labute approximate surface area is 155 Å². The van der Waals surface area contributed by atoms with Gasteiger partial charge in [0, 0.05) is 17.7 Å². The molecule has 1 atom stereocenters. The topological polar surface area (TPSA) is 81.4 Å². The second kappa shape index (κ2) is 6.86. The van der Waals surface area contributed by atoms with Crippen LogP contribution >= 0.6 is 12.4 Å². The van der Waals surface area contributed by atoms with Gasteiger partial charge in [0.05, 0.1) is 10.9 Å². The Morgan fingerprint density at radius 1 is 1.20 bits per heavy atom. The van der Waals surface area contributed by atoms with Crippen molar-refractivity contribution in [2.45, 2.75) is 43.7 Å². The lowest BCUT2D eigenvalue weighted by Crippen LogP contribution is -2.41. The maximum absolute atomic E-state index is 12.8. The molecule has 5 nitrogen and oxygen atoms in total. The fourth-order valence-electron chi connectivity index (χ4n) is 3.09. The smallest absolute Gasteiger partial charge is 0.241 e. The highest BCUT2D eigenvalue weighted by atomic mass is 35.5. The van der Waals surface area contributed by atoms with E-state index in [4.69, 9.17) is 10.5 Å². The number of aryl methyl sites for hydroxylation is 1. The Balaban J connectivity index is 0.00000225. The molecular weight excluding hydrogens is 360 g/mol. The molecule has 0 saturated carbocycles. The number of nitrogen functional groups attached to an aromatic ring is 1. The van der Waals surface area contributed by atoms with Crippen LogP contribution in [-0.4, -0.2) is 14.0 Å². The van der Waals surface area contributed by atoms with Gasteiger partial charge in [-0.2, -0.15) is 0 Å². The van der Waals surface area contributed by atoms with E-state index in [1.54, 1.807) is 43.3 Å². The van der Waals surface area contributed by atoms with Gasteiger partial charge in [0.1, 0.15) is 11.4 Å². The van der Waals surface area contributed by atoms with Gasteiger partial charge in [-0.25, -0.2) is 13.1 Å². The van der Waals surface area contributed by atoms with Gasteiger partial charge in [-0.15, -0.1) is 12.4 Å². The molecule has 7 heteroatoms. The van der Waals surface area contributed by atoms with Gasteiger partial charge in [-0.3, -0.25) is 0 Å². The number of nitrogens with one attached hydrogen (secondary N) is 1. The average Bonchev–Trinajstić information content (AvgIpc) is 2.47. The average molecular weight is 383 g/mol. The molecule has 0 amide bonds. The maximum atomic E-state index is 12.8. The second-order valence-electron chi connectivity index (χ2n) is 6.80. The Morgan fingerprint density at radius 2 is 1.88 bits per heavy atom. The van der Waals surface area contributed by atoms with E-state index in [0.717, 1.165) is 5.56 Å². The summed E-state index contributed by atoms with van der Waals surface area (Å²) < 4.78 is 34.5. The van der Waals surface area contributed by atoms with Crippen LogP contribution in [0.5, 0.6) is 5.75 Å². The molecule has 0 aromatic heterocycles. The number of anilines is 1. The summed E-state index contributed by atoms with van der Waals surface area (Å²) in [5.74, 6) is 0.665. The van der Waals surface area contributed by atoms with E-state index in [9.17, 15) is 8.42 Å². The third-order valence-corrected chi connectivity index (χ3v) is 5.80. The van der Waals surface area contributed by atoms with Gasteiger partial charge in [0.2, 0.25) is 10.0 Å². The molecule has 0 fully saturated rings. The summed E-state index contributed by atoms with van der Waals surface area (Å²) in [7, 11) is -3.64. The van der Waals surface area contributed by atoms with E-state index < -0.39 is 21.7 Å². The van der Waals surface area contributed by atoms with Gasteiger partial charge >= 0.3 is 0 Å². The molecule has 1 unspecified atom stereocenters. The lowest BCUT2D eigenvalue weighted by atomic mass is 9.90. The molecule has 3 N–H and O–H groups in total. The van der Waals surface area contributed by atoms with Crippen LogP contribution in [0.1, 0.15) is 37.4 Å². The van der Waals surface area contributed by atoms with Gasteiger partial charge in [0.25, 0.3) is 0 Å². The van der Waals surface area contributed by atoms with Crippen molar-refractivity contribution >= 4 is 28.1 Å². The summed E-state index contributed by atoms with van der Waals surface area (Å²) in [6.07, 6.45) is 0.522. The minimum Gasteiger partial charge on any atom is -0.487 e. The predicted octanol–water partition coefficient (Wildman–Crippen LogP) is 3.58. The maximum Gasteiger partial charge on any atom is 0.241 e. The third kappa shape index (κ3) is 4.08. The number of ether oxygens (including phenoxy) is 1. The van der Waals surface area contributed by atoms with Crippen LogP contribution in [0.4, 0.5) is 5.69 Å². The molecule has 2 aromatic rings. The predicted molar refractivity (Wildman–Crippen MR) is 102 cm³/mol. The zero-order valence-electron chi connectivity index (χ0n) is 14.4. The number of benzene rings is 2. The second-order valence-corrected chi connectivity index (χ2v) is 8.48. The van der Waals surface area contributed by atoms with E-state index in [1.165, 1.54) is 0 Å². The minimum atomic E-state index is -3.64. The lowest BCUT2D eigenvalue weighted by molar-refractivity contribution is 0.0702. The molecule has 0 aliphatic carbocycles. The van der Waals surface area contributed by atoms with Crippen LogP contribution in [0.15, 0.2) is 47.4 Å². The van der Waals surface area contributed by atoms with Crippen LogP contribution in [0, 0.1) is 6.92 Å². The summed E-state index contributed by atoms with van der Waals surface area (Å²) in [6.45, 7) is 5.68. The van der Waals surface area contributed by atoms with E-state index in [0.29, 0.717) is 28.3 Å². The molecule has 0 saturated heterocycles. The molecule has 1 heterocycles. The molecule has 0 bridgehead atoms. The van der Waals surface area contributed by atoms with Crippen LogP contribution in [0.3, 0.4) is 0 Å². The molecule has 3 rings (SSSR count).